The van der Waals surface area contributed by atoms with Crippen LogP contribution in [-0.2, 0) is 4.79 Å². The van der Waals surface area contributed by atoms with Crippen LogP contribution in [0.1, 0.15) is 30.1 Å². The fourth-order valence-corrected chi connectivity index (χ4v) is 2.41. The van der Waals surface area contributed by atoms with Gasteiger partial charge in [0.1, 0.15) is 0 Å². The second-order valence-electron chi connectivity index (χ2n) is 4.88. The second-order valence-corrected chi connectivity index (χ2v) is 4.88. The summed E-state index contributed by atoms with van der Waals surface area (Å²) in [5.74, 6) is -4.33. The Morgan fingerprint density at radius 2 is 2.20 bits per heavy atom. The predicted molar refractivity (Wildman–Crippen MR) is 65.0 cm³/mol. The van der Waals surface area contributed by atoms with Gasteiger partial charge in [-0.2, -0.15) is 4.39 Å². The van der Waals surface area contributed by atoms with Crippen molar-refractivity contribution in [2.24, 2.45) is 5.41 Å². The molecule has 0 spiro atoms. The van der Waals surface area contributed by atoms with E-state index in [2.05, 4.69) is 4.98 Å². The average Bonchev–Trinajstić information content (AvgIpc) is 2.87. The minimum atomic E-state index is -1.34. The summed E-state index contributed by atoms with van der Waals surface area (Å²) in [5.41, 5.74) is -1.42. The first-order valence-electron chi connectivity index (χ1n) is 6.24. The molecule has 1 unspecified atom stereocenters. The Morgan fingerprint density at radius 3 is 2.75 bits per heavy atom. The van der Waals surface area contributed by atoms with E-state index in [1.165, 1.54) is 4.90 Å². The van der Waals surface area contributed by atoms with Gasteiger partial charge in [-0.15, -0.1) is 0 Å². The zero-order valence-corrected chi connectivity index (χ0v) is 10.9. The molecule has 1 fully saturated rings. The highest BCUT2D eigenvalue weighted by molar-refractivity contribution is 5.95. The van der Waals surface area contributed by atoms with Crippen LogP contribution >= 0.6 is 0 Å². The SMILES string of the molecule is CCC1(C(=O)O)CCN(C(=O)c2ccnc(F)c2F)C1. The normalized spacial score (nSPS) is 22.1. The molecule has 2 rings (SSSR count). The summed E-state index contributed by atoms with van der Waals surface area (Å²) < 4.78 is 26.6. The molecule has 108 valence electrons. The van der Waals surface area contributed by atoms with Crippen LogP contribution in [0.15, 0.2) is 12.3 Å². The lowest BCUT2D eigenvalue weighted by Gasteiger charge is -2.23. The summed E-state index contributed by atoms with van der Waals surface area (Å²) in [7, 11) is 0. The monoisotopic (exact) mass is 284 g/mol. The lowest BCUT2D eigenvalue weighted by atomic mass is 9.84. The van der Waals surface area contributed by atoms with Crippen LogP contribution in [0.4, 0.5) is 8.78 Å². The third-order valence-electron chi connectivity index (χ3n) is 3.85. The molecule has 1 atom stereocenters. The first-order chi connectivity index (χ1) is 9.41. The van der Waals surface area contributed by atoms with Crippen LogP contribution in [0.25, 0.3) is 0 Å². The maximum absolute atomic E-state index is 13.5. The predicted octanol–water partition coefficient (Wildman–Crippen LogP) is 1.69. The summed E-state index contributed by atoms with van der Waals surface area (Å²) in [4.78, 5) is 27.8. The largest absolute Gasteiger partial charge is 0.481 e. The van der Waals surface area contributed by atoms with Crippen molar-refractivity contribution in [3.05, 3.63) is 29.6 Å². The number of rotatable bonds is 3. The van der Waals surface area contributed by atoms with Crippen LogP contribution in [-0.4, -0.2) is 40.0 Å². The van der Waals surface area contributed by atoms with Crippen molar-refractivity contribution in [3.8, 4) is 0 Å². The van der Waals surface area contributed by atoms with Gasteiger partial charge in [-0.05, 0) is 18.9 Å². The van der Waals surface area contributed by atoms with Gasteiger partial charge in [-0.1, -0.05) is 6.92 Å². The molecule has 1 amide bonds. The molecule has 0 aliphatic carbocycles. The molecule has 0 radical (unpaired) electrons. The smallest absolute Gasteiger partial charge is 0.311 e. The molecule has 0 bridgehead atoms. The van der Waals surface area contributed by atoms with Gasteiger partial charge in [0.15, 0.2) is 5.82 Å². The van der Waals surface area contributed by atoms with E-state index in [4.69, 9.17) is 0 Å². The Kier molecular flexibility index (Phi) is 3.69. The minimum Gasteiger partial charge on any atom is -0.481 e. The van der Waals surface area contributed by atoms with E-state index < -0.39 is 34.6 Å². The molecular weight excluding hydrogens is 270 g/mol. The summed E-state index contributed by atoms with van der Waals surface area (Å²) in [6.45, 7) is 1.94. The molecule has 2 heterocycles. The fraction of sp³-hybridized carbons (Fsp3) is 0.462. The average molecular weight is 284 g/mol. The van der Waals surface area contributed by atoms with E-state index in [0.717, 1.165) is 12.3 Å². The van der Waals surface area contributed by atoms with Crippen LogP contribution in [0.5, 0.6) is 0 Å². The maximum Gasteiger partial charge on any atom is 0.311 e. The molecule has 0 saturated carbocycles. The molecule has 20 heavy (non-hydrogen) atoms. The molecule has 1 aliphatic heterocycles. The first-order valence-corrected chi connectivity index (χ1v) is 6.24. The molecule has 5 nitrogen and oxygen atoms in total. The van der Waals surface area contributed by atoms with Crippen LogP contribution in [0.2, 0.25) is 0 Å². The molecule has 1 aromatic heterocycles. The molecule has 1 N–H and O–H groups in total. The topological polar surface area (TPSA) is 70.5 Å². The molecule has 7 heteroatoms. The lowest BCUT2D eigenvalue weighted by molar-refractivity contribution is -0.148. The van der Waals surface area contributed by atoms with Crippen molar-refractivity contribution in [3.63, 3.8) is 0 Å². The number of aliphatic carboxylic acids is 1. The van der Waals surface area contributed by atoms with Gasteiger partial charge in [-0.3, -0.25) is 9.59 Å². The quantitative estimate of drug-likeness (QED) is 0.857. The summed E-state index contributed by atoms with van der Waals surface area (Å²) >= 11 is 0. The number of carbonyl (C=O) groups is 2. The molecule has 0 aromatic carbocycles. The van der Waals surface area contributed by atoms with Crippen molar-refractivity contribution in [2.45, 2.75) is 19.8 Å². The number of amides is 1. The Morgan fingerprint density at radius 1 is 1.50 bits per heavy atom. The highest BCUT2D eigenvalue weighted by atomic mass is 19.2. The standard InChI is InChI=1S/C13H14F2N2O3/c1-2-13(12(19)20)4-6-17(7-13)11(18)8-3-5-16-10(15)9(8)14/h3,5H,2,4,6-7H2,1H3,(H,19,20). The van der Waals surface area contributed by atoms with Crippen molar-refractivity contribution < 1.29 is 23.5 Å². The zero-order chi connectivity index (χ0) is 14.9. The van der Waals surface area contributed by atoms with E-state index in [9.17, 15) is 23.5 Å². The van der Waals surface area contributed by atoms with Gasteiger partial charge < -0.3 is 10.0 Å². The van der Waals surface area contributed by atoms with E-state index in [1.807, 2.05) is 0 Å². The van der Waals surface area contributed by atoms with Gasteiger partial charge in [-0.25, -0.2) is 9.37 Å². The minimum absolute atomic E-state index is 0.00104. The summed E-state index contributed by atoms with van der Waals surface area (Å²) in [6.07, 6.45) is 1.69. The van der Waals surface area contributed by atoms with E-state index in [1.54, 1.807) is 6.92 Å². The van der Waals surface area contributed by atoms with Crippen molar-refractivity contribution in [2.75, 3.05) is 13.1 Å². The number of likely N-dealkylation sites (tertiary alicyclic amines) is 1. The Labute approximate surface area is 114 Å². The number of halogens is 2. The third kappa shape index (κ3) is 2.23. The number of hydrogen-bond acceptors (Lipinski definition) is 3. The van der Waals surface area contributed by atoms with E-state index in [0.29, 0.717) is 12.8 Å². The Balaban J connectivity index is 2.24. The van der Waals surface area contributed by atoms with Crippen LogP contribution in [0, 0.1) is 17.2 Å². The molecule has 1 aromatic rings. The summed E-state index contributed by atoms with van der Waals surface area (Å²) in [5, 5.41) is 9.25. The third-order valence-corrected chi connectivity index (χ3v) is 3.85. The Bertz CT molecular complexity index is 565. The number of hydrogen-bond donors (Lipinski definition) is 1. The van der Waals surface area contributed by atoms with Gasteiger partial charge in [0.25, 0.3) is 5.91 Å². The lowest BCUT2D eigenvalue weighted by Crippen LogP contribution is -2.36. The number of aromatic nitrogens is 1. The van der Waals surface area contributed by atoms with Crippen molar-refractivity contribution in [1.82, 2.24) is 9.88 Å². The van der Waals surface area contributed by atoms with Gasteiger partial charge in [0.05, 0.1) is 11.0 Å². The number of carbonyl (C=O) groups excluding carboxylic acids is 1. The molecular formula is C13H14F2N2O3. The van der Waals surface area contributed by atoms with Gasteiger partial charge in [0, 0.05) is 19.3 Å². The fourth-order valence-electron chi connectivity index (χ4n) is 2.41. The maximum atomic E-state index is 13.5. The molecule has 1 aliphatic rings. The van der Waals surface area contributed by atoms with Gasteiger partial charge >= 0.3 is 5.97 Å². The number of carboxylic acids is 1. The van der Waals surface area contributed by atoms with E-state index >= 15 is 0 Å². The number of nitrogens with zero attached hydrogens (tertiary/aromatic N) is 2. The van der Waals surface area contributed by atoms with Crippen molar-refractivity contribution in [1.29, 1.82) is 0 Å². The highest BCUT2D eigenvalue weighted by Crippen LogP contribution is 2.35. The van der Waals surface area contributed by atoms with Gasteiger partial charge in [0.2, 0.25) is 5.95 Å². The number of pyridine rings is 1. The number of carboxylic acid groups (broad SMARTS) is 1. The zero-order valence-electron chi connectivity index (χ0n) is 10.9. The van der Waals surface area contributed by atoms with Crippen LogP contribution in [0.3, 0.4) is 0 Å². The van der Waals surface area contributed by atoms with Crippen molar-refractivity contribution >= 4 is 11.9 Å². The van der Waals surface area contributed by atoms with Crippen LogP contribution < -0.4 is 0 Å². The second kappa shape index (κ2) is 5.15. The molecule has 1 saturated heterocycles. The first kappa shape index (κ1) is 14.4. The highest BCUT2D eigenvalue weighted by Gasteiger charge is 2.45. The van der Waals surface area contributed by atoms with E-state index in [-0.39, 0.29) is 13.1 Å². The Hall–Kier alpha value is -2.05. The summed E-state index contributed by atoms with van der Waals surface area (Å²) in [6, 6.07) is 1.09.